The van der Waals surface area contributed by atoms with E-state index in [-0.39, 0.29) is 17.2 Å². The number of ether oxygens (including phenoxy) is 2. The molecule has 2 fully saturated rings. The van der Waals surface area contributed by atoms with Gasteiger partial charge in [-0.1, -0.05) is 47.8 Å². The molecule has 1 amide bonds. The summed E-state index contributed by atoms with van der Waals surface area (Å²) in [7, 11) is 0. The molecule has 5 nitrogen and oxygen atoms in total. The molecule has 2 saturated carbocycles. The first kappa shape index (κ1) is 23.3. The fourth-order valence-electron chi connectivity index (χ4n) is 4.89. The molecule has 32 heavy (non-hydrogen) atoms. The molecule has 2 aliphatic rings. The van der Waals surface area contributed by atoms with Crippen molar-refractivity contribution in [1.29, 1.82) is 0 Å². The molecule has 2 aliphatic carbocycles. The van der Waals surface area contributed by atoms with Crippen LogP contribution in [0.15, 0.2) is 50.4 Å². The zero-order valence-electron chi connectivity index (χ0n) is 18.4. The quantitative estimate of drug-likeness (QED) is 0.296. The summed E-state index contributed by atoms with van der Waals surface area (Å²) in [5.74, 6) is 1.93. The van der Waals surface area contributed by atoms with Crippen molar-refractivity contribution < 1.29 is 14.3 Å². The monoisotopic (exact) mass is 562 g/mol. The molecule has 0 bridgehead atoms. The second kappa shape index (κ2) is 9.96. The number of hydrogen-bond acceptors (Lipinski definition) is 4. The number of hydrogen-bond donors (Lipinski definition) is 1. The van der Waals surface area contributed by atoms with E-state index in [4.69, 9.17) is 9.47 Å². The summed E-state index contributed by atoms with van der Waals surface area (Å²) in [5.41, 5.74) is 4.80. The summed E-state index contributed by atoms with van der Waals surface area (Å²) in [6.45, 7) is 5.11. The molecular formula is C25H28Br2N2O3. The molecule has 2 aromatic rings. The number of fused-ring (bicyclic) bond motifs is 1. The number of rotatable bonds is 8. The normalized spacial score (nSPS) is 24.1. The lowest BCUT2D eigenvalue weighted by Gasteiger charge is -2.15. The second-order valence-electron chi connectivity index (χ2n) is 8.75. The second-order valence-corrected chi connectivity index (χ2v) is 10.5. The van der Waals surface area contributed by atoms with Gasteiger partial charge in [-0.2, -0.15) is 5.10 Å². The maximum Gasteiger partial charge on any atom is 0.244 e. The van der Waals surface area contributed by atoms with Crippen molar-refractivity contribution in [2.45, 2.75) is 46.1 Å². The topological polar surface area (TPSA) is 59.9 Å². The van der Waals surface area contributed by atoms with Gasteiger partial charge in [-0.25, -0.2) is 5.43 Å². The van der Waals surface area contributed by atoms with Gasteiger partial charge in [0.25, 0.3) is 0 Å². The van der Waals surface area contributed by atoms with E-state index < -0.39 is 0 Å². The standard InChI is InChI=1S/C25H28Br2N2O3/c1-3-31-21-13-17(12-20(27)23(21)32-15-16-7-9-18(26)10-8-16)14-28-29-24(30)22-19-6-4-5-11-25(19,22)2/h7-10,12-14,19,22H,3-6,11,15H2,1-2H3,(H,29,30)/b28-14-/t19-,22-,25+/m0/s1. The molecule has 7 heteroatoms. The van der Waals surface area contributed by atoms with Crippen LogP contribution in [0, 0.1) is 17.3 Å². The summed E-state index contributed by atoms with van der Waals surface area (Å²) >= 11 is 7.04. The Bertz CT molecular complexity index is 1010. The van der Waals surface area contributed by atoms with Crippen LogP contribution >= 0.6 is 31.9 Å². The Morgan fingerprint density at radius 2 is 2.00 bits per heavy atom. The molecule has 0 unspecified atom stereocenters. The van der Waals surface area contributed by atoms with E-state index in [1.165, 1.54) is 12.8 Å². The molecule has 0 saturated heterocycles. The van der Waals surface area contributed by atoms with Crippen LogP contribution < -0.4 is 14.9 Å². The summed E-state index contributed by atoms with van der Waals surface area (Å²) in [6, 6.07) is 11.8. The summed E-state index contributed by atoms with van der Waals surface area (Å²) < 4.78 is 13.7. The Balaban J connectivity index is 1.41. The van der Waals surface area contributed by atoms with Crippen LogP contribution in [0.3, 0.4) is 0 Å². The number of nitrogens with zero attached hydrogens (tertiary/aromatic N) is 1. The van der Waals surface area contributed by atoms with E-state index in [0.717, 1.165) is 32.9 Å². The third-order valence-corrected chi connectivity index (χ3v) is 7.75. The van der Waals surface area contributed by atoms with Crippen LogP contribution in [0.25, 0.3) is 0 Å². The zero-order valence-corrected chi connectivity index (χ0v) is 21.5. The van der Waals surface area contributed by atoms with Crippen molar-refractivity contribution in [1.82, 2.24) is 5.43 Å². The highest BCUT2D eigenvalue weighted by molar-refractivity contribution is 9.10. The van der Waals surface area contributed by atoms with Gasteiger partial charge in [0.1, 0.15) is 6.61 Å². The molecule has 2 aromatic carbocycles. The first-order valence-electron chi connectivity index (χ1n) is 11.1. The average molecular weight is 564 g/mol. The van der Waals surface area contributed by atoms with Gasteiger partial charge in [0.15, 0.2) is 11.5 Å². The van der Waals surface area contributed by atoms with Crippen molar-refractivity contribution >= 4 is 44.0 Å². The average Bonchev–Trinajstić information content (AvgIpc) is 3.40. The summed E-state index contributed by atoms with van der Waals surface area (Å²) in [6.07, 6.45) is 6.41. The van der Waals surface area contributed by atoms with Crippen LogP contribution in [0.1, 0.15) is 50.7 Å². The predicted octanol–water partition coefficient (Wildman–Crippen LogP) is 6.47. The first-order chi connectivity index (χ1) is 15.4. The molecule has 0 aliphatic heterocycles. The van der Waals surface area contributed by atoms with Gasteiger partial charge in [-0.15, -0.1) is 0 Å². The lowest BCUT2D eigenvalue weighted by molar-refractivity contribution is -0.123. The Hall–Kier alpha value is -1.86. The molecule has 3 atom stereocenters. The Morgan fingerprint density at radius 3 is 2.69 bits per heavy atom. The third-order valence-electron chi connectivity index (χ3n) is 6.63. The molecule has 0 spiro atoms. The number of halogens is 2. The minimum absolute atomic E-state index is 0.0363. The minimum atomic E-state index is 0.0363. The summed E-state index contributed by atoms with van der Waals surface area (Å²) in [5, 5.41) is 4.22. The van der Waals surface area contributed by atoms with Gasteiger partial charge < -0.3 is 9.47 Å². The lowest BCUT2D eigenvalue weighted by atomic mass is 9.90. The fraction of sp³-hybridized carbons (Fsp3) is 0.440. The number of amides is 1. The van der Waals surface area contributed by atoms with Crippen molar-refractivity contribution in [3.8, 4) is 11.5 Å². The van der Waals surface area contributed by atoms with Gasteiger partial charge in [-0.3, -0.25) is 4.79 Å². The number of carbonyl (C=O) groups excluding carboxylic acids is 1. The van der Waals surface area contributed by atoms with Crippen molar-refractivity contribution in [2.75, 3.05) is 6.61 Å². The molecule has 4 rings (SSSR count). The number of benzene rings is 2. The Morgan fingerprint density at radius 1 is 1.22 bits per heavy atom. The third kappa shape index (κ3) is 5.04. The number of carbonyl (C=O) groups is 1. The Labute approximate surface area is 206 Å². The number of nitrogens with one attached hydrogen (secondary N) is 1. The van der Waals surface area contributed by atoms with E-state index in [1.807, 2.05) is 43.3 Å². The van der Waals surface area contributed by atoms with Gasteiger partial charge in [0.2, 0.25) is 5.91 Å². The highest BCUT2D eigenvalue weighted by Gasteiger charge is 2.64. The van der Waals surface area contributed by atoms with Gasteiger partial charge in [0.05, 0.1) is 17.3 Å². The smallest absolute Gasteiger partial charge is 0.244 e. The van der Waals surface area contributed by atoms with E-state index in [2.05, 4.69) is 49.3 Å². The lowest BCUT2D eigenvalue weighted by Crippen LogP contribution is -2.22. The van der Waals surface area contributed by atoms with E-state index >= 15 is 0 Å². The van der Waals surface area contributed by atoms with E-state index in [0.29, 0.717) is 30.6 Å². The highest BCUT2D eigenvalue weighted by Crippen LogP contribution is 2.66. The van der Waals surface area contributed by atoms with E-state index in [1.54, 1.807) is 6.21 Å². The van der Waals surface area contributed by atoms with Crippen molar-refractivity contribution in [2.24, 2.45) is 22.4 Å². The van der Waals surface area contributed by atoms with Gasteiger partial charge in [0, 0.05) is 10.4 Å². The molecule has 0 heterocycles. The maximum atomic E-state index is 12.6. The molecule has 0 radical (unpaired) electrons. The van der Waals surface area contributed by atoms with Crippen LogP contribution in [0.5, 0.6) is 11.5 Å². The fourth-order valence-corrected chi connectivity index (χ4v) is 5.73. The van der Waals surface area contributed by atoms with Crippen LogP contribution in [0.2, 0.25) is 0 Å². The highest BCUT2D eigenvalue weighted by atomic mass is 79.9. The molecule has 0 aromatic heterocycles. The van der Waals surface area contributed by atoms with Crippen LogP contribution in [0.4, 0.5) is 0 Å². The van der Waals surface area contributed by atoms with E-state index in [9.17, 15) is 4.79 Å². The van der Waals surface area contributed by atoms with Crippen LogP contribution in [-0.2, 0) is 11.4 Å². The molecule has 170 valence electrons. The molecule has 1 N–H and O–H groups in total. The predicted molar refractivity (Wildman–Crippen MR) is 133 cm³/mol. The summed E-state index contributed by atoms with van der Waals surface area (Å²) in [4.78, 5) is 12.6. The minimum Gasteiger partial charge on any atom is -0.490 e. The van der Waals surface area contributed by atoms with Gasteiger partial charge in [-0.05, 0) is 82.4 Å². The van der Waals surface area contributed by atoms with Gasteiger partial charge >= 0.3 is 0 Å². The SMILES string of the molecule is CCOc1cc(/C=N\NC(=O)[C@@H]2[C@@H]3CCCC[C@@]23C)cc(Br)c1OCc1ccc(Br)cc1. The Kier molecular flexibility index (Phi) is 7.25. The largest absolute Gasteiger partial charge is 0.490 e. The molecular weight excluding hydrogens is 536 g/mol. The van der Waals surface area contributed by atoms with Crippen LogP contribution in [-0.4, -0.2) is 18.7 Å². The maximum absolute atomic E-state index is 12.6. The zero-order chi connectivity index (χ0) is 22.7. The first-order valence-corrected chi connectivity index (χ1v) is 12.7. The number of hydrazone groups is 1. The van der Waals surface area contributed by atoms with Crippen molar-refractivity contribution in [3.05, 3.63) is 56.5 Å². The van der Waals surface area contributed by atoms with Crippen molar-refractivity contribution in [3.63, 3.8) is 0 Å².